The van der Waals surface area contributed by atoms with Gasteiger partial charge in [-0.25, -0.2) is 8.42 Å². The number of fused-ring (bicyclic) bond motifs is 1. The van der Waals surface area contributed by atoms with Crippen LogP contribution in [0.25, 0.3) is 5.65 Å². The van der Waals surface area contributed by atoms with Crippen LogP contribution >= 0.6 is 11.8 Å². The minimum Gasteiger partial charge on any atom is -0.315 e. The lowest BCUT2D eigenvalue weighted by Crippen LogP contribution is -2.24. The molecule has 0 atom stereocenters. The van der Waals surface area contributed by atoms with Crippen molar-refractivity contribution in [1.82, 2.24) is 19.9 Å². The van der Waals surface area contributed by atoms with Crippen molar-refractivity contribution >= 4 is 27.2 Å². The molecule has 2 aromatic heterocycles. The second-order valence-corrected chi connectivity index (χ2v) is 7.46. The third kappa shape index (κ3) is 4.48. The third-order valence-corrected chi connectivity index (χ3v) is 4.33. The zero-order chi connectivity index (χ0) is 13.7. The van der Waals surface area contributed by atoms with E-state index in [1.165, 1.54) is 6.26 Å². The van der Waals surface area contributed by atoms with Gasteiger partial charge in [0.1, 0.15) is 9.84 Å². The summed E-state index contributed by atoms with van der Waals surface area (Å²) in [4.78, 5) is 0. The maximum atomic E-state index is 10.9. The van der Waals surface area contributed by atoms with Crippen LogP contribution in [0.2, 0.25) is 0 Å². The smallest absolute Gasteiger partial charge is 0.195 e. The number of sulfone groups is 1. The first-order chi connectivity index (χ1) is 9.06. The summed E-state index contributed by atoms with van der Waals surface area (Å²) in [6, 6.07) is 5.76. The maximum Gasteiger partial charge on any atom is 0.195 e. The predicted octanol–water partition coefficient (Wildman–Crippen LogP) is 0.456. The van der Waals surface area contributed by atoms with Crippen molar-refractivity contribution in [3.63, 3.8) is 0 Å². The maximum absolute atomic E-state index is 10.9. The van der Waals surface area contributed by atoms with Gasteiger partial charge in [-0.1, -0.05) is 17.8 Å². The Hall–Kier alpha value is -1.12. The first-order valence-corrected chi connectivity index (χ1v) is 8.92. The van der Waals surface area contributed by atoms with E-state index < -0.39 is 9.84 Å². The molecule has 0 aliphatic heterocycles. The summed E-state index contributed by atoms with van der Waals surface area (Å²) in [5.74, 6) is 0.991. The molecule has 0 spiro atoms. The van der Waals surface area contributed by atoms with E-state index >= 15 is 0 Å². The first-order valence-electron chi connectivity index (χ1n) is 5.87. The van der Waals surface area contributed by atoms with Gasteiger partial charge in [-0.15, -0.1) is 10.2 Å². The predicted molar refractivity (Wildman–Crippen MR) is 76.3 cm³/mol. The topological polar surface area (TPSA) is 76.4 Å². The highest BCUT2D eigenvalue weighted by molar-refractivity contribution is 7.99. The van der Waals surface area contributed by atoms with Gasteiger partial charge in [-0.05, 0) is 12.1 Å². The van der Waals surface area contributed by atoms with Crippen molar-refractivity contribution < 1.29 is 8.42 Å². The fourth-order valence-electron chi connectivity index (χ4n) is 1.51. The van der Waals surface area contributed by atoms with Gasteiger partial charge in [0.05, 0.1) is 5.75 Å². The molecule has 1 N–H and O–H groups in total. The normalized spacial score (nSPS) is 12.1. The van der Waals surface area contributed by atoms with E-state index in [4.69, 9.17) is 0 Å². The lowest BCUT2D eigenvalue weighted by molar-refractivity contribution is 0.598. The van der Waals surface area contributed by atoms with Crippen molar-refractivity contribution in [2.24, 2.45) is 0 Å². The summed E-state index contributed by atoms with van der Waals surface area (Å²) < 4.78 is 23.8. The number of rotatable bonds is 7. The summed E-state index contributed by atoms with van der Waals surface area (Å²) >= 11 is 1.59. The molecule has 0 aliphatic carbocycles. The van der Waals surface area contributed by atoms with Gasteiger partial charge in [0.25, 0.3) is 0 Å². The quantitative estimate of drug-likeness (QED) is 0.591. The first kappa shape index (κ1) is 14.3. The molecule has 0 aromatic carbocycles. The third-order valence-electron chi connectivity index (χ3n) is 2.44. The van der Waals surface area contributed by atoms with Crippen molar-refractivity contribution in [2.75, 3.05) is 30.9 Å². The Bertz CT molecular complexity index is 639. The average Bonchev–Trinajstić information content (AvgIpc) is 2.76. The zero-order valence-electron chi connectivity index (χ0n) is 10.6. The largest absolute Gasteiger partial charge is 0.315 e. The van der Waals surface area contributed by atoms with E-state index in [9.17, 15) is 8.42 Å². The fraction of sp³-hybridized carbons (Fsp3) is 0.455. The van der Waals surface area contributed by atoms with E-state index in [-0.39, 0.29) is 5.75 Å². The Kier molecular flexibility index (Phi) is 4.78. The van der Waals surface area contributed by atoms with E-state index in [2.05, 4.69) is 15.5 Å². The van der Waals surface area contributed by atoms with Crippen LogP contribution in [-0.2, 0) is 9.84 Å². The Balaban J connectivity index is 1.74. The van der Waals surface area contributed by atoms with Gasteiger partial charge < -0.3 is 5.32 Å². The number of nitrogens with zero attached hydrogens (tertiary/aromatic N) is 3. The molecule has 0 radical (unpaired) electrons. The number of hydrogen-bond acceptors (Lipinski definition) is 6. The summed E-state index contributed by atoms with van der Waals surface area (Å²) in [6.45, 7) is 1.22. The summed E-state index contributed by atoms with van der Waals surface area (Å²) in [5.41, 5.74) is 0.829. The standard InChI is InChI=1S/C11H16N4O2S2/c1-19(16,17)9-6-12-5-8-18-11-14-13-10-4-2-3-7-15(10)11/h2-4,7,12H,5-6,8-9H2,1H3. The SMILES string of the molecule is CS(=O)(=O)CCNCCSc1nnc2ccccn12. The van der Waals surface area contributed by atoms with Crippen molar-refractivity contribution in [3.05, 3.63) is 24.4 Å². The zero-order valence-corrected chi connectivity index (χ0v) is 12.2. The molecule has 19 heavy (non-hydrogen) atoms. The Morgan fingerprint density at radius 1 is 1.32 bits per heavy atom. The minimum absolute atomic E-state index is 0.172. The average molecular weight is 300 g/mol. The minimum atomic E-state index is -2.88. The molecule has 2 aromatic rings. The van der Waals surface area contributed by atoms with E-state index in [0.29, 0.717) is 6.54 Å². The molecule has 104 valence electrons. The van der Waals surface area contributed by atoms with Crippen LogP contribution in [0.1, 0.15) is 0 Å². The van der Waals surface area contributed by atoms with Crippen LogP contribution in [0.15, 0.2) is 29.6 Å². The molecule has 8 heteroatoms. The second kappa shape index (κ2) is 6.36. The molecule has 0 saturated heterocycles. The number of hydrogen-bond donors (Lipinski definition) is 1. The highest BCUT2D eigenvalue weighted by Gasteiger charge is 2.04. The van der Waals surface area contributed by atoms with Gasteiger partial charge >= 0.3 is 0 Å². The van der Waals surface area contributed by atoms with Crippen LogP contribution in [0, 0.1) is 0 Å². The molecular formula is C11H16N4O2S2. The molecular weight excluding hydrogens is 284 g/mol. The number of pyridine rings is 1. The molecule has 0 bridgehead atoms. The Morgan fingerprint density at radius 2 is 2.16 bits per heavy atom. The molecule has 0 aliphatic rings. The molecule has 0 unspecified atom stereocenters. The summed E-state index contributed by atoms with van der Waals surface area (Å²) in [7, 11) is -2.88. The van der Waals surface area contributed by atoms with Crippen LogP contribution in [-0.4, -0.2) is 53.9 Å². The van der Waals surface area contributed by atoms with Gasteiger partial charge in [-0.3, -0.25) is 4.40 Å². The van der Waals surface area contributed by atoms with Gasteiger partial charge in [0, 0.05) is 31.3 Å². The molecule has 0 fully saturated rings. The number of nitrogens with one attached hydrogen (secondary N) is 1. The molecule has 0 saturated carbocycles. The van der Waals surface area contributed by atoms with E-state index in [1.807, 2.05) is 28.8 Å². The van der Waals surface area contributed by atoms with Crippen LogP contribution in [0.4, 0.5) is 0 Å². The lowest BCUT2D eigenvalue weighted by atomic mass is 10.5. The molecule has 0 amide bonds. The molecule has 6 nitrogen and oxygen atoms in total. The Morgan fingerprint density at radius 3 is 2.95 bits per heavy atom. The number of thioether (sulfide) groups is 1. The summed E-state index contributed by atoms with van der Waals surface area (Å²) in [5, 5.41) is 12.1. The van der Waals surface area contributed by atoms with Crippen LogP contribution < -0.4 is 5.32 Å². The lowest BCUT2D eigenvalue weighted by Gasteiger charge is -2.03. The summed E-state index contributed by atoms with van der Waals surface area (Å²) in [6.07, 6.45) is 3.17. The van der Waals surface area contributed by atoms with Gasteiger partial charge in [0.15, 0.2) is 10.8 Å². The Labute approximate surface area is 116 Å². The monoisotopic (exact) mass is 300 g/mol. The van der Waals surface area contributed by atoms with Crippen molar-refractivity contribution in [2.45, 2.75) is 5.16 Å². The van der Waals surface area contributed by atoms with Crippen molar-refractivity contribution in [1.29, 1.82) is 0 Å². The fourth-order valence-corrected chi connectivity index (χ4v) is 2.85. The highest BCUT2D eigenvalue weighted by atomic mass is 32.2. The van der Waals surface area contributed by atoms with Gasteiger partial charge in [0.2, 0.25) is 0 Å². The van der Waals surface area contributed by atoms with Gasteiger partial charge in [-0.2, -0.15) is 0 Å². The van der Waals surface area contributed by atoms with Crippen LogP contribution in [0.5, 0.6) is 0 Å². The molecule has 2 rings (SSSR count). The van der Waals surface area contributed by atoms with E-state index in [0.717, 1.165) is 23.1 Å². The van der Waals surface area contributed by atoms with Crippen molar-refractivity contribution in [3.8, 4) is 0 Å². The van der Waals surface area contributed by atoms with E-state index in [1.54, 1.807) is 11.8 Å². The highest BCUT2D eigenvalue weighted by Crippen LogP contribution is 2.15. The second-order valence-electron chi connectivity index (χ2n) is 4.14. The van der Waals surface area contributed by atoms with Crippen LogP contribution in [0.3, 0.4) is 0 Å². The number of aromatic nitrogens is 3. The molecule has 2 heterocycles.